The molecule has 1 fully saturated rings. The van der Waals surface area contributed by atoms with E-state index >= 15 is 0 Å². The van der Waals surface area contributed by atoms with Crippen LogP contribution >= 0.6 is 0 Å². The highest BCUT2D eigenvalue weighted by Crippen LogP contribution is 2.22. The quantitative estimate of drug-likeness (QED) is 0.832. The predicted molar refractivity (Wildman–Crippen MR) is 99.6 cm³/mol. The molecule has 0 spiro atoms. The van der Waals surface area contributed by atoms with Gasteiger partial charge < -0.3 is 10.0 Å². The number of aromatic amines is 1. The number of amides is 1. The van der Waals surface area contributed by atoms with E-state index in [-0.39, 0.29) is 5.91 Å². The zero-order valence-corrected chi connectivity index (χ0v) is 15.6. The molecule has 1 saturated heterocycles. The second-order valence-electron chi connectivity index (χ2n) is 7.47. The maximum atomic E-state index is 12.5. The van der Waals surface area contributed by atoms with Crippen molar-refractivity contribution in [1.29, 1.82) is 0 Å². The SMILES string of the molecule is CC(C)c1n[nH]c(CC2CCN(C(=O)[C@@H](O)Cc3ccccc3)CC2)n1. The largest absolute Gasteiger partial charge is 0.383 e. The molecule has 2 aromatic rings. The molecular formula is C20H28N4O2. The third-order valence-electron chi connectivity index (χ3n) is 5.03. The van der Waals surface area contributed by atoms with Crippen molar-refractivity contribution in [3.8, 4) is 0 Å². The van der Waals surface area contributed by atoms with E-state index in [1.165, 1.54) is 0 Å². The number of H-pyrrole nitrogens is 1. The topological polar surface area (TPSA) is 82.1 Å². The molecule has 1 amide bonds. The van der Waals surface area contributed by atoms with E-state index in [9.17, 15) is 9.90 Å². The molecular weight excluding hydrogens is 328 g/mol. The Morgan fingerprint density at radius 1 is 1.27 bits per heavy atom. The van der Waals surface area contributed by atoms with Gasteiger partial charge in [-0.1, -0.05) is 44.2 Å². The number of carbonyl (C=O) groups is 1. The number of hydrogen-bond donors (Lipinski definition) is 2. The van der Waals surface area contributed by atoms with Gasteiger partial charge in [-0.05, 0) is 24.3 Å². The summed E-state index contributed by atoms with van der Waals surface area (Å²) in [5.41, 5.74) is 0.981. The minimum atomic E-state index is -0.961. The lowest BCUT2D eigenvalue weighted by molar-refractivity contribution is -0.141. The van der Waals surface area contributed by atoms with Crippen LogP contribution in [0.1, 0.15) is 49.8 Å². The number of rotatable bonds is 6. The maximum Gasteiger partial charge on any atom is 0.251 e. The van der Waals surface area contributed by atoms with Gasteiger partial charge in [0.25, 0.3) is 5.91 Å². The summed E-state index contributed by atoms with van der Waals surface area (Å²) >= 11 is 0. The number of carbonyl (C=O) groups excluding carboxylic acids is 1. The molecule has 140 valence electrons. The number of hydrogen-bond acceptors (Lipinski definition) is 4. The lowest BCUT2D eigenvalue weighted by Gasteiger charge is -2.33. The van der Waals surface area contributed by atoms with Crippen LogP contribution in [0.4, 0.5) is 0 Å². The fourth-order valence-corrected chi connectivity index (χ4v) is 3.43. The van der Waals surface area contributed by atoms with Gasteiger partial charge in [0.05, 0.1) is 0 Å². The minimum Gasteiger partial charge on any atom is -0.383 e. The Bertz CT molecular complexity index is 706. The summed E-state index contributed by atoms with van der Waals surface area (Å²) < 4.78 is 0. The summed E-state index contributed by atoms with van der Waals surface area (Å²) in [5, 5.41) is 17.6. The van der Waals surface area contributed by atoms with E-state index in [0.717, 1.165) is 36.5 Å². The third-order valence-corrected chi connectivity index (χ3v) is 5.03. The first-order chi connectivity index (χ1) is 12.5. The Morgan fingerprint density at radius 2 is 1.96 bits per heavy atom. The van der Waals surface area contributed by atoms with Crippen molar-refractivity contribution in [1.82, 2.24) is 20.1 Å². The summed E-state index contributed by atoms with van der Waals surface area (Å²) in [6.45, 7) is 5.55. The Morgan fingerprint density at radius 3 is 2.58 bits per heavy atom. The second kappa shape index (κ2) is 8.45. The van der Waals surface area contributed by atoms with Crippen LogP contribution in [0.3, 0.4) is 0 Å². The number of nitrogens with one attached hydrogen (secondary N) is 1. The first kappa shape index (κ1) is 18.6. The molecule has 2 heterocycles. The van der Waals surface area contributed by atoms with Crippen molar-refractivity contribution >= 4 is 5.91 Å². The third kappa shape index (κ3) is 4.69. The van der Waals surface area contributed by atoms with Crippen molar-refractivity contribution in [2.75, 3.05) is 13.1 Å². The highest BCUT2D eigenvalue weighted by atomic mass is 16.3. The highest BCUT2D eigenvalue weighted by molar-refractivity contribution is 5.81. The molecule has 1 atom stereocenters. The fraction of sp³-hybridized carbons (Fsp3) is 0.550. The number of aliphatic hydroxyl groups is 1. The van der Waals surface area contributed by atoms with Gasteiger partial charge >= 0.3 is 0 Å². The number of nitrogens with zero attached hydrogens (tertiary/aromatic N) is 3. The number of aromatic nitrogens is 3. The number of aliphatic hydroxyl groups excluding tert-OH is 1. The highest BCUT2D eigenvalue weighted by Gasteiger charge is 2.27. The van der Waals surface area contributed by atoms with Crippen LogP contribution in [-0.2, 0) is 17.6 Å². The average Bonchev–Trinajstić information content (AvgIpc) is 3.11. The van der Waals surface area contributed by atoms with Gasteiger partial charge in [-0.2, -0.15) is 5.10 Å². The van der Waals surface area contributed by atoms with Crippen molar-refractivity contribution in [3.05, 3.63) is 47.5 Å². The Balaban J connectivity index is 1.47. The Hall–Kier alpha value is -2.21. The number of piperidine rings is 1. The van der Waals surface area contributed by atoms with Crippen molar-refractivity contribution < 1.29 is 9.90 Å². The molecule has 0 unspecified atom stereocenters. The first-order valence-electron chi connectivity index (χ1n) is 9.45. The van der Waals surface area contributed by atoms with Crippen LogP contribution in [0.2, 0.25) is 0 Å². The molecule has 3 rings (SSSR count). The van der Waals surface area contributed by atoms with Crippen LogP contribution in [0, 0.1) is 5.92 Å². The molecule has 6 nitrogen and oxygen atoms in total. The van der Waals surface area contributed by atoms with Gasteiger partial charge in [0, 0.05) is 31.8 Å². The molecule has 0 saturated carbocycles. The normalized spacial score (nSPS) is 16.8. The molecule has 1 aromatic carbocycles. The molecule has 6 heteroatoms. The van der Waals surface area contributed by atoms with E-state index < -0.39 is 6.10 Å². The predicted octanol–water partition coefficient (Wildman–Crippen LogP) is 2.31. The van der Waals surface area contributed by atoms with E-state index in [4.69, 9.17) is 0 Å². The van der Waals surface area contributed by atoms with Crippen molar-refractivity contribution in [2.45, 2.75) is 51.6 Å². The van der Waals surface area contributed by atoms with Crippen LogP contribution < -0.4 is 0 Å². The van der Waals surface area contributed by atoms with Crippen LogP contribution in [0.15, 0.2) is 30.3 Å². The molecule has 1 aliphatic heterocycles. The Labute approximate surface area is 154 Å². The minimum absolute atomic E-state index is 0.158. The zero-order valence-electron chi connectivity index (χ0n) is 15.6. The number of benzene rings is 1. The molecule has 0 aliphatic carbocycles. The van der Waals surface area contributed by atoms with Crippen LogP contribution in [0.25, 0.3) is 0 Å². The molecule has 2 N–H and O–H groups in total. The molecule has 0 bridgehead atoms. The van der Waals surface area contributed by atoms with E-state index in [1.54, 1.807) is 4.90 Å². The molecule has 0 radical (unpaired) electrons. The Kier molecular flexibility index (Phi) is 6.04. The van der Waals surface area contributed by atoms with Gasteiger partial charge in [-0.3, -0.25) is 9.89 Å². The first-order valence-corrected chi connectivity index (χ1v) is 9.45. The van der Waals surface area contributed by atoms with Gasteiger partial charge in [0.1, 0.15) is 11.9 Å². The van der Waals surface area contributed by atoms with E-state index in [2.05, 4.69) is 29.0 Å². The van der Waals surface area contributed by atoms with Crippen LogP contribution in [0.5, 0.6) is 0 Å². The van der Waals surface area contributed by atoms with Crippen molar-refractivity contribution in [2.24, 2.45) is 5.92 Å². The zero-order chi connectivity index (χ0) is 18.5. The lowest BCUT2D eigenvalue weighted by Crippen LogP contribution is -2.44. The standard InChI is InChI=1S/C20H28N4O2/c1-14(2)19-21-18(22-23-19)13-16-8-10-24(11-9-16)20(26)17(25)12-15-6-4-3-5-7-15/h3-7,14,16-17,25H,8-13H2,1-2H3,(H,21,22,23)/t17-/m0/s1. The smallest absolute Gasteiger partial charge is 0.251 e. The maximum absolute atomic E-state index is 12.5. The van der Waals surface area contributed by atoms with Crippen molar-refractivity contribution in [3.63, 3.8) is 0 Å². The number of likely N-dealkylation sites (tertiary alicyclic amines) is 1. The van der Waals surface area contributed by atoms with E-state index in [0.29, 0.717) is 31.3 Å². The summed E-state index contributed by atoms with van der Waals surface area (Å²) in [7, 11) is 0. The average molecular weight is 356 g/mol. The van der Waals surface area contributed by atoms with E-state index in [1.807, 2.05) is 30.3 Å². The summed E-state index contributed by atoms with van der Waals surface area (Å²) in [6.07, 6.45) is 2.14. The molecule has 1 aromatic heterocycles. The summed E-state index contributed by atoms with van der Waals surface area (Å²) in [4.78, 5) is 18.8. The summed E-state index contributed by atoms with van der Waals surface area (Å²) in [5.74, 6) is 2.46. The van der Waals surface area contributed by atoms with Gasteiger partial charge in [0.15, 0.2) is 5.82 Å². The molecule has 26 heavy (non-hydrogen) atoms. The molecule has 1 aliphatic rings. The fourth-order valence-electron chi connectivity index (χ4n) is 3.43. The van der Waals surface area contributed by atoms with Crippen LogP contribution in [-0.4, -0.2) is 50.3 Å². The second-order valence-corrected chi connectivity index (χ2v) is 7.47. The monoisotopic (exact) mass is 356 g/mol. The summed E-state index contributed by atoms with van der Waals surface area (Å²) in [6, 6.07) is 9.65. The van der Waals surface area contributed by atoms with Gasteiger partial charge in [0.2, 0.25) is 0 Å². The van der Waals surface area contributed by atoms with Gasteiger partial charge in [-0.25, -0.2) is 4.98 Å². The van der Waals surface area contributed by atoms with Gasteiger partial charge in [-0.15, -0.1) is 0 Å². The lowest BCUT2D eigenvalue weighted by atomic mass is 9.93.